The van der Waals surface area contributed by atoms with Crippen LogP contribution in [0.15, 0.2) is 18.2 Å². The van der Waals surface area contributed by atoms with Crippen LogP contribution in [-0.4, -0.2) is 32.8 Å². The van der Waals surface area contributed by atoms with Gasteiger partial charge >= 0.3 is 0 Å². The first kappa shape index (κ1) is 15.8. The van der Waals surface area contributed by atoms with Crippen molar-refractivity contribution in [3.63, 3.8) is 0 Å². The van der Waals surface area contributed by atoms with Gasteiger partial charge in [0.05, 0.1) is 24.4 Å². The lowest BCUT2D eigenvalue weighted by molar-refractivity contribution is -0.117. The zero-order valence-corrected chi connectivity index (χ0v) is 11.7. The van der Waals surface area contributed by atoms with Crippen LogP contribution >= 0.6 is 11.6 Å². The first-order valence-corrected chi connectivity index (χ1v) is 6.43. The number of nitrogens with two attached hydrogens (primary N) is 1. The second kappa shape index (κ2) is 8.74. The maximum Gasteiger partial charge on any atom is 0.226 e. The van der Waals surface area contributed by atoms with E-state index in [1.54, 1.807) is 25.3 Å². The second-order valence-corrected chi connectivity index (χ2v) is 4.42. The van der Waals surface area contributed by atoms with Gasteiger partial charge in [0.2, 0.25) is 5.91 Å². The summed E-state index contributed by atoms with van der Waals surface area (Å²) in [6, 6.07) is 4.94. The Balaban J connectivity index is 2.25. The number of anilines is 2. The van der Waals surface area contributed by atoms with Gasteiger partial charge in [0.1, 0.15) is 0 Å². The highest BCUT2D eigenvalue weighted by atomic mass is 35.5. The standard InChI is InChI=1S/C13H19ClN2O3/c1-18-6-2-7-19-8-5-13(17)16-12-9-10(14)3-4-11(12)15/h3-4,9H,2,5-8,15H2,1H3,(H,16,17). The van der Waals surface area contributed by atoms with Crippen molar-refractivity contribution in [1.29, 1.82) is 0 Å². The normalized spacial score (nSPS) is 10.4. The van der Waals surface area contributed by atoms with Gasteiger partial charge in [-0.15, -0.1) is 0 Å². The van der Waals surface area contributed by atoms with Gasteiger partial charge in [-0.2, -0.15) is 0 Å². The molecule has 0 unspecified atom stereocenters. The number of rotatable bonds is 8. The number of nitrogens with one attached hydrogen (secondary N) is 1. The van der Waals surface area contributed by atoms with Crippen LogP contribution in [-0.2, 0) is 14.3 Å². The molecular formula is C13H19ClN2O3. The quantitative estimate of drug-likeness (QED) is 0.568. The molecule has 1 aromatic rings. The first-order valence-electron chi connectivity index (χ1n) is 6.05. The van der Waals surface area contributed by atoms with E-state index in [-0.39, 0.29) is 12.3 Å². The molecule has 0 bridgehead atoms. The van der Waals surface area contributed by atoms with E-state index in [1.165, 1.54) is 0 Å². The fraction of sp³-hybridized carbons (Fsp3) is 0.462. The lowest BCUT2D eigenvalue weighted by Crippen LogP contribution is -2.15. The third-order valence-corrected chi connectivity index (χ3v) is 2.64. The molecule has 1 rings (SSSR count). The summed E-state index contributed by atoms with van der Waals surface area (Å²) in [5.41, 5.74) is 6.74. The minimum absolute atomic E-state index is 0.152. The third-order valence-electron chi connectivity index (χ3n) is 2.40. The number of methoxy groups -OCH3 is 1. The molecule has 5 nitrogen and oxygen atoms in total. The summed E-state index contributed by atoms with van der Waals surface area (Å²) in [7, 11) is 1.64. The molecule has 0 aliphatic rings. The fourth-order valence-corrected chi connectivity index (χ4v) is 1.59. The van der Waals surface area contributed by atoms with Crippen LogP contribution in [0.4, 0.5) is 11.4 Å². The number of carbonyl (C=O) groups excluding carboxylic acids is 1. The molecule has 0 aromatic heterocycles. The molecule has 0 radical (unpaired) electrons. The van der Waals surface area contributed by atoms with Crippen LogP contribution in [0.25, 0.3) is 0 Å². The van der Waals surface area contributed by atoms with Crippen molar-refractivity contribution >= 4 is 28.9 Å². The van der Waals surface area contributed by atoms with Crippen molar-refractivity contribution in [3.8, 4) is 0 Å². The number of halogens is 1. The molecule has 1 amide bonds. The molecule has 6 heteroatoms. The molecule has 0 aliphatic heterocycles. The Labute approximate surface area is 118 Å². The van der Waals surface area contributed by atoms with Crippen molar-refractivity contribution in [2.75, 3.05) is 38.0 Å². The first-order chi connectivity index (χ1) is 9.13. The van der Waals surface area contributed by atoms with Crippen LogP contribution < -0.4 is 11.1 Å². The molecule has 0 aliphatic carbocycles. The van der Waals surface area contributed by atoms with E-state index in [2.05, 4.69) is 5.32 Å². The predicted molar refractivity (Wildman–Crippen MR) is 76.4 cm³/mol. The van der Waals surface area contributed by atoms with Crippen molar-refractivity contribution in [1.82, 2.24) is 0 Å². The van der Waals surface area contributed by atoms with Gasteiger partial charge in [-0.3, -0.25) is 4.79 Å². The molecule has 3 N–H and O–H groups in total. The molecule has 0 saturated heterocycles. The van der Waals surface area contributed by atoms with Crippen LogP contribution in [0.1, 0.15) is 12.8 Å². The smallest absolute Gasteiger partial charge is 0.226 e. The molecule has 0 fully saturated rings. The van der Waals surface area contributed by atoms with E-state index in [0.717, 1.165) is 6.42 Å². The summed E-state index contributed by atoms with van der Waals surface area (Å²) >= 11 is 5.83. The van der Waals surface area contributed by atoms with Crippen molar-refractivity contribution in [2.45, 2.75) is 12.8 Å². The Kier molecular flexibility index (Phi) is 7.25. The molecule has 0 saturated carbocycles. The van der Waals surface area contributed by atoms with Gasteiger partial charge < -0.3 is 20.5 Å². The minimum Gasteiger partial charge on any atom is -0.397 e. The third kappa shape index (κ3) is 6.42. The number of amides is 1. The molecular weight excluding hydrogens is 268 g/mol. The van der Waals surface area contributed by atoms with Crippen molar-refractivity contribution < 1.29 is 14.3 Å². The highest BCUT2D eigenvalue weighted by Gasteiger charge is 2.05. The lowest BCUT2D eigenvalue weighted by Gasteiger charge is -2.09. The monoisotopic (exact) mass is 286 g/mol. The maximum atomic E-state index is 11.7. The van der Waals surface area contributed by atoms with E-state index in [4.69, 9.17) is 26.8 Å². The summed E-state index contributed by atoms with van der Waals surface area (Å²) in [4.78, 5) is 11.7. The number of benzene rings is 1. The maximum absolute atomic E-state index is 11.7. The van der Waals surface area contributed by atoms with E-state index in [9.17, 15) is 4.79 Å². The molecule has 0 heterocycles. The predicted octanol–water partition coefficient (Wildman–Crippen LogP) is 2.30. The molecule has 106 valence electrons. The minimum atomic E-state index is -0.152. The zero-order valence-electron chi connectivity index (χ0n) is 10.9. The van der Waals surface area contributed by atoms with Crippen LogP contribution in [0.5, 0.6) is 0 Å². The van der Waals surface area contributed by atoms with Crippen LogP contribution in [0.3, 0.4) is 0 Å². The Morgan fingerprint density at radius 2 is 2.16 bits per heavy atom. The van der Waals surface area contributed by atoms with Gasteiger partial charge in [0.15, 0.2) is 0 Å². The van der Waals surface area contributed by atoms with Crippen molar-refractivity contribution in [3.05, 3.63) is 23.2 Å². The lowest BCUT2D eigenvalue weighted by atomic mass is 10.2. The summed E-state index contributed by atoms with van der Waals surface area (Å²) in [6.45, 7) is 1.61. The Morgan fingerprint density at radius 1 is 1.37 bits per heavy atom. The van der Waals surface area contributed by atoms with Gasteiger partial charge in [-0.1, -0.05) is 11.6 Å². The van der Waals surface area contributed by atoms with Crippen LogP contribution in [0.2, 0.25) is 5.02 Å². The van der Waals surface area contributed by atoms with Gasteiger partial charge in [0.25, 0.3) is 0 Å². The van der Waals surface area contributed by atoms with Gasteiger partial charge in [-0.05, 0) is 24.6 Å². The van der Waals surface area contributed by atoms with Gasteiger partial charge in [-0.25, -0.2) is 0 Å². The number of hydrogen-bond donors (Lipinski definition) is 2. The highest BCUT2D eigenvalue weighted by Crippen LogP contribution is 2.22. The zero-order chi connectivity index (χ0) is 14.1. The Morgan fingerprint density at radius 3 is 2.89 bits per heavy atom. The average Bonchev–Trinajstić information content (AvgIpc) is 2.38. The highest BCUT2D eigenvalue weighted by molar-refractivity contribution is 6.31. The number of carbonyl (C=O) groups is 1. The number of hydrogen-bond acceptors (Lipinski definition) is 4. The fourth-order valence-electron chi connectivity index (χ4n) is 1.42. The largest absolute Gasteiger partial charge is 0.397 e. The second-order valence-electron chi connectivity index (χ2n) is 3.99. The Bertz CT molecular complexity index is 413. The molecule has 19 heavy (non-hydrogen) atoms. The summed E-state index contributed by atoms with van der Waals surface area (Å²) in [6.07, 6.45) is 1.10. The Hall–Kier alpha value is -1.30. The molecule has 1 aromatic carbocycles. The van der Waals surface area contributed by atoms with Gasteiger partial charge in [0, 0.05) is 25.3 Å². The summed E-state index contributed by atoms with van der Waals surface area (Å²) < 4.78 is 10.2. The van der Waals surface area contributed by atoms with E-state index in [1.807, 2.05) is 0 Å². The van der Waals surface area contributed by atoms with E-state index >= 15 is 0 Å². The number of ether oxygens (including phenoxy) is 2. The van der Waals surface area contributed by atoms with Crippen LogP contribution in [0, 0.1) is 0 Å². The van der Waals surface area contributed by atoms with E-state index in [0.29, 0.717) is 36.2 Å². The number of nitrogen functional groups attached to an aromatic ring is 1. The topological polar surface area (TPSA) is 73.6 Å². The van der Waals surface area contributed by atoms with Crippen molar-refractivity contribution in [2.24, 2.45) is 0 Å². The van der Waals surface area contributed by atoms with E-state index < -0.39 is 0 Å². The SMILES string of the molecule is COCCCOCCC(=O)Nc1cc(Cl)ccc1N. The summed E-state index contributed by atoms with van der Waals surface area (Å²) in [5, 5.41) is 3.23. The summed E-state index contributed by atoms with van der Waals surface area (Å²) in [5.74, 6) is -0.152. The molecule has 0 atom stereocenters. The molecule has 0 spiro atoms. The average molecular weight is 287 g/mol.